The summed E-state index contributed by atoms with van der Waals surface area (Å²) >= 11 is 0. The van der Waals surface area contributed by atoms with Gasteiger partial charge in [0.15, 0.2) is 0 Å². The van der Waals surface area contributed by atoms with Crippen LogP contribution in [0.3, 0.4) is 0 Å². The number of aromatic nitrogens is 4. The number of hydrogen-bond acceptors (Lipinski definition) is 6. The second-order valence-corrected chi connectivity index (χ2v) is 9.79. The molecule has 2 aromatic heterocycles. The predicted molar refractivity (Wildman–Crippen MR) is 122 cm³/mol. The number of rotatable bonds is 5. The van der Waals surface area contributed by atoms with E-state index in [4.69, 9.17) is 0 Å². The average Bonchev–Trinajstić information content (AvgIpc) is 3.22. The van der Waals surface area contributed by atoms with Crippen molar-refractivity contribution in [3.05, 3.63) is 42.6 Å². The lowest BCUT2D eigenvalue weighted by Gasteiger charge is -2.42. The van der Waals surface area contributed by atoms with Crippen LogP contribution in [0.2, 0.25) is 0 Å². The Bertz CT molecular complexity index is 1080. The minimum absolute atomic E-state index is 0.223. The van der Waals surface area contributed by atoms with Crippen molar-refractivity contribution in [2.24, 2.45) is 13.0 Å². The van der Waals surface area contributed by atoms with Crippen LogP contribution in [0.15, 0.2) is 42.6 Å². The zero-order valence-electron chi connectivity index (χ0n) is 18.4. The number of benzene rings is 1. The Hall–Kier alpha value is -2.93. The highest BCUT2D eigenvalue weighted by atomic mass is 16.3. The maximum Gasteiger partial charge on any atom is 0.148 e. The highest BCUT2D eigenvalue weighted by Crippen LogP contribution is 2.44. The van der Waals surface area contributed by atoms with Crippen LogP contribution in [-0.4, -0.2) is 42.7 Å². The molecule has 7 heteroatoms. The van der Waals surface area contributed by atoms with Crippen molar-refractivity contribution in [3.8, 4) is 28.3 Å². The quantitative estimate of drug-likeness (QED) is 0.581. The van der Waals surface area contributed by atoms with Gasteiger partial charge < -0.3 is 15.7 Å². The molecule has 31 heavy (non-hydrogen) atoms. The van der Waals surface area contributed by atoms with Crippen LogP contribution in [0.5, 0.6) is 5.75 Å². The Kier molecular flexibility index (Phi) is 4.73. The van der Waals surface area contributed by atoms with Gasteiger partial charge in [0.2, 0.25) is 0 Å². The van der Waals surface area contributed by atoms with E-state index in [9.17, 15) is 5.11 Å². The summed E-state index contributed by atoms with van der Waals surface area (Å²) in [6.07, 6.45) is 6.80. The zero-order chi connectivity index (χ0) is 21.6. The largest absolute Gasteiger partial charge is 0.507 e. The lowest BCUT2D eigenvalue weighted by atomic mass is 9.80. The second kappa shape index (κ2) is 7.34. The number of fused-ring (bicyclic) bond motifs is 2. The van der Waals surface area contributed by atoms with E-state index in [-0.39, 0.29) is 16.8 Å². The standard InChI is InChI=1S/C24H30N6O/c1-23-10-11-24(2,29-23)13-16(12-23)14-25-21-9-8-19(26-27-21)22-18(15-30(3)28-22)17-6-4-5-7-20(17)31/h4-9,15-16,29,31H,10-14H2,1-3H3,(H,25,27). The van der Waals surface area contributed by atoms with Gasteiger partial charge in [0, 0.05) is 42.0 Å². The van der Waals surface area contributed by atoms with Gasteiger partial charge in [-0.15, -0.1) is 10.2 Å². The van der Waals surface area contributed by atoms with E-state index in [0.717, 1.165) is 23.5 Å². The summed E-state index contributed by atoms with van der Waals surface area (Å²) in [6.45, 7) is 5.62. The summed E-state index contributed by atoms with van der Waals surface area (Å²) in [5, 5.41) is 31.0. The molecule has 2 saturated heterocycles. The molecule has 4 heterocycles. The Morgan fingerprint density at radius 1 is 1.06 bits per heavy atom. The molecule has 2 unspecified atom stereocenters. The highest BCUT2D eigenvalue weighted by molar-refractivity contribution is 5.82. The van der Waals surface area contributed by atoms with E-state index in [1.807, 2.05) is 43.6 Å². The molecule has 2 aliphatic heterocycles. The summed E-state index contributed by atoms with van der Waals surface area (Å²) in [5.74, 6) is 1.63. The summed E-state index contributed by atoms with van der Waals surface area (Å²) in [6, 6.07) is 11.2. The number of nitrogens with one attached hydrogen (secondary N) is 2. The minimum atomic E-state index is 0.223. The molecule has 7 nitrogen and oxygen atoms in total. The Morgan fingerprint density at radius 2 is 1.81 bits per heavy atom. The fourth-order valence-corrected chi connectivity index (χ4v) is 5.58. The van der Waals surface area contributed by atoms with E-state index >= 15 is 0 Å². The minimum Gasteiger partial charge on any atom is -0.507 e. The molecule has 0 saturated carbocycles. The van der Waals surface area contributed by atoms with Crippen molar-refractivity contribution < 1.29 is 5.11 Å². The summed E-state index contributed by atoms with van der Waals surface area (Å²) in [7, 11) is 1.86. The third-order valence-electron chi connectivity index (χ3n) is 6.81. The van der Waals surface area contributed by atoms with Gasteiger partial charge in [-0.25, -0.2) is 0 Å². The van der Waals surface area contributed by atoms with E-state index < -0.39 is 0 Å². The maximum atomic E-state index is 10.3. The molecule has 5 rings (SSSR count). The third-order valence-corrected chi connectivity index (χ3v) is 6.81. The van der Waals surface area contributed by atoms with Crippen molar-refractivity contribution in [1.29, 1.82) is 0 Å². The molecule has 2 aliphatic rings. The highest BCUT2D eigenvalue weighted by Gasteiger charge is 2.48. The summed E-state index contributed by atoms with van der Waals surface area (Å²) in [4.78, 5) is 0. The third kappa shape index (κ3) is 3.90. The first-order chi connectivity index (χ1) is 14.8. The number of hydrogen-bond donors (Lipinski definition) is 3. The van der Waals surface area contributed by atoms with Gasteiger partial charge >= 0.3 is 0 Å². The number of anilines is 1. The molecule has 0 amide bonds. The Labute approximate surface area is 182 Å². The molecule has 0 spiro atoms. The number of nitrogens with zero attached hydrogens (tertiary/aromatic N) is 4. The molecule has 3 aromatic rings. The number of aromatic hydroxyl groups is 1. The number of phenols is 1. The second-order valence-electron chi connectivity index (χ2n) is 9.79. The number of piperidine rings is 1. The molecular weight excluding hydrogens is 388 g/mol. The molecule has 2 fully saturated rings. The lowest BCUT2D eigenvalue weighted by molar-refractivity contribution is 0.178. The fraction of sp³-hybridized carbons (Fsp3) is 0.458. The smallest absolute Gasteiger partial charge is 0.148 e. The van der Waals surface area contributed by atoms with Gasteiger partial charge in [-0.1, -0.05) is 18.2 Å². The Balaban J connectivity index is 1.31. The topological polar surface area (TPSA) is 87.9 Å². The van der Waals surface area contributed by atoms with Crippen molar-refractivity contribution in [3.63, 3.8) is 0 Å². The number of phenolic OH excluding ortho intramolecular Hbond substituents is 1. The van der Waals surface area contributed by atoms with Gasteiger partial charge in [0.25, 0.3) is 0 Å². The van der Waals surface area contributed by atoms with Crippen LogP contribution < -0.4 is 10.6 Å². The fourth-order valence-electron chi connectivity index (χ4n) is 5.58. The SMILES string of the molecule is Cn1cc(-c2ccccc2O)c(-c2ccc(NCC3CC4(C)CCC(C)(C3)N4)nn2)n1. The van der Waals surface area contributed by atoms with Crippen LogP contribution >= 0.6 is 0 Å². The maximum absolute atomic E-state index is 10.3. The van der Waals surface area contributed by atoms with Crippen LogP contribution in [-0.2, 0) is 7.05 Å². The predicted octanol–water partition coefficient (Wildman–Crippen LogP) is 3.97. The van der Waals surface area contributed by atoms with Crippen LogP contribution in [0.4, 0.5) is 5.82 Å². The van der Waals surface area contributed by atoms with E-state index in [2.05, 4.69) is 39.8 Å². The molecule has 162 valence electrons. The first kappa shape index (κ1) is 20.0. The molecule has 1 aromatic carbocycles. The van der Waals surface area contributed by atoms with E-state index in [1.54, 1.807) is 10.7 Å². The van der Waals surface area contributed by atoms with Crippen LogP contribution in [0.25, 0.3) is 22.5 Å². The zero-order valence-corrected chi connectivity index (χ0v) is 18.4. The van der Waals surface area contributed by atoms with Gasteiger partial charge in [0.05, 0.1) is 0 Å². The van der Waals surface area contributed by atoms with Crippen molar-refractivity contribution in [2.75, 3.05) is 11.9 Å². The number of para-hydroxylation sites is 1. The monoisotopic (exact) mass is 418 g/mol. The Morgan fingerprint density at radius 3 is 2.48 bits per heavy atom. The van der Waals surface area contributed by atoms with Crippen LogP contribution in [0.1, 0.15) is 39.5 Å². The first-order valence-corrected chi connectivity index (χ1v) is 11.0. The van der Waals surface area contributed by atoms with Crippen molar-refractivity contribution in [1.82, 2.24) is 25.3 Å². The van der Waals surface area contributed by atoms with Crippen molar-refractivity contribution >= 4 is 5.82 Å². The molecular formula is C24H30N6O. The first-order valence-electron chi connectivity index (χ1n) is 11.0. The van der Waals surface area contributed by atoms with Crippen molar-refractivity contribution in [2.45, 2.75) is 50.6 Å². The van der Waals surface area contributed by atoms with Gasteiger partial charge in [-0.3, -0.25) is 4.68 Å². The number of aryl methyl sites for hydroxylation is 1. The van der Waals surface area contributed by atoms with Gasteiger partial charge in [0.1, 0.15) is 23.0 Å². The molecule has 0 aliphatic carbocycles. The molecule has 0 radical (unpaired) electrons. The average molecular weight is 419 g/mol. The van der Waals surface area contributed by atoms with Gasteiger partial charge in [-0.05, 0) is 63.6 Å². The normalized spacial score (nSPS) is 27.4. The van der Waals surface area contributed by atoms with E-state index in [1.165, 1.54) is 25.7 Å². The van der Waals surface area contributed by atoms with Gasteiger partial charge in [-0.2, -0.15) is 5.10 Å². The molecule has 2 bridgehead atoms. The summed E-state index contributed by atoms with van der Waals surface area (Å²) < 4.78 is 1.73. The molecule has 3 N–H and O–H groups in total. The lowest BCUT2D eigenvalue weighted by Crippen LogP contribution is -2.54. The van der Waals surface area contributed by atoms with E-state index in [0.29, 0.717) is 17.3 Å². The molecule has 2 atom stereocenters. The van der Waals surface area contributed by atoms with Crippen LogP contribution in [0, 0.1) is 5.92 Å². The summed E-state index contributed by atoms with van der Waals surface area (Å²) in [5.41, 5.74) is 3.50.